The highest BCUT2D eigenvalue weighted by Gasteiger charge is 2.39. The third-order valence-corrected chi connectivity index (χ3v) is 6.12. The van der Waals surface area contributed by atoms with Crippen LogP contribution in [-0.4, -0.2) is 17.8 Å². The van der Waals surface area contributed by atoms with E-state index in [0.29, 0.717) is 29.1 Å². The molecule has 7 heteroatoms. The molecule has 1 N–H and O–H groups in total. The molecule has 0 unspecified atom stereocenters. The van der Waals surface area contributed by atoms with Crippen LogP contribution < -0.4 is 15.0 Å². The van der Waals surface area contributed by atoms with Gasteiger partial charge >= 0.3 is 5.97 Å². The van der Waals surface area contributed by atoms with Gasteiger partial charge < -0.3 is 10.1 Å². The van der Waals surface area contributed by atoms with Gasteiger partial charge in [0.15, 0.2) is 0 Å². The Balaban J connectivity index is 1.50. The van der Waals surface area contributed by atoms with Gasteiger partial charge in [-0.05, 0) is 59.9 Å². The molecule has 0 bridgehead atoms. The van der Waals surface area contributed by atoms with Crippen molar-refractivity contribution in [2.24, 2.45) is 0 Å². The average molecular weight is 489 g/mol. The van der Waals surface area contributed by atoms with E-state index in [1.165, 1.54) is 0 Å². The number of imide groups is 1. The molecule has 0 atom stereocenters. The standard InChI is InChI=1S/C28H25ClN2O4/c1-4-18-9-5-7-11-22(18)31-26(32)24(29)25(27(31)33)30-20-15-13-19(14-16-20)28(34)35-23-12-8-6-10-21(23)17(2)3/h5-17,30H,4H2,1-3H3. The summed E-state index contributed by atoms with van der Waals surface area (Å²) >= 11 is 6.26. The Kier molecular flexibility index (Phi) is 7.03. The third kappa shape index (κ3) is 4.84. The van der Waals surface area contributed by atoms with Crippen molar-refractivity contribution in [2.75, 3.05) is 10.2 Å². The van der Waals surface area contributed by atoms with E-state index < -0.39 is 17.8 Å². The van der Waals surface area contributed by atoms with Gasteiger partial charge in [-0.25, -0.2) is 9.69 Å². The quantitative estimate of drug-likeness (QED) is 0.250. The van der Waals surface area contributed by atoms with E-state index >= 15 is 0 Å². The molecule has 0 saturated heterocycles. The largest absolute Gasteiger partial charge is 0.423 e. The molecule has 6 nitrogen and oxygen atoms in total. The number of benzene rings is 3. The minimum absolute atomic E-state index is 0.0104. The van der Waals surface area contributed by atoms with E-state index in [2.05, 4.69) is 5.32 Å². The molecule has 0 saturated carbocycles. The number of carbonyl (C=O) groups is 3. The summed E-state index contributed by atoms with van der Waals surface area (Å²) in [5.74, 6) is -0.872. The van der Waals surface area contributed by atoms with Crippen LogP contribution in [0.5, 0.6) is 5.75 Å². The molecule has 1 heterocycles. The number of amides is 2. The Morgan fingerprint density at radius 3 is 2.29 bits per heavy atom. The first-order chi connectivity index (χ1) is 16.8. The number of rotatable bonds is 7. The first kappa shape index (κ1) is 24.2. The fourth-order valence-electron chi connectivity index (χ4n) is 3.90. The minimum Gasteiger partial charge on any atom is -0.423 e. The lowest BCUT2D eigenvalue weighted by Crippen LogP contribution is -2.33. The number of ether oxygens (including phenoxy) is 1. The van der Waals surface area contributed by atoms with Crippen LogP contribution >= 0.6 is 11.6 Å². The van der Waals surface area contributed by atoms with Crippen LogP contribution in [0.25, 0.3) is 0 Å². The summed E-state index contributed by atoms with van der Waals surface area (Å²) in [5.41, 5.74) is 3.16. The highest BCUT2D eigenvalue weighted by atomic mass is 35.5. The summed E-state index contributed by atoms with van der Waals surface area (Å²) in [6, 6.07) is 21.1. The molecule has 0 spiro atoms. The number of hydrogen-bond donors (Lipinski definition) is 1. The molecule has 3 aromatic carbocycles. The van der Waals surface area contributed by atoms with Crippen molar-refractivity contribution in [3.8, 4) is 5.75 Å². The Morgan fingerprint density at radius 2 is 1.60 bits per heavy atom. The van der Waals surface area contributed by atoms with E-state index in [-0.39, 0.29) is 16.6 Å². The molecule has 2 amide bonds. The van der Waals surface area contributed by atoms with Gasteiger partial charge in [0.1, 0.15) is 16.5 Å². The molecular weight excluding hydrogens is 464 g/mol. The third-order valence-electron chi connectivity index (χ3n) is 5.77. The van der Waals surface area contributed by atoms with Gasteiger partial charge in [0.2, 0.25) is 0 Å². The van der Waals surface area contributed by atoms with Crippen molar-refractivity contribution in [1.82, 2.24) is 0 Å². The van der Waals surface area contributed by atoms with E-state index in [1.54, 1.807) is 42.5 Å². The minimum atomic E-state index is -0.580. The predicted molar refractivity (Wildman–Crippen MR) is 137 cm³/mol. The Hall–Kier alpha value is -3.90. The fraction of sp³-hybridized carbons (Fsp3) is 0.179. The average Bonchev–Trinajstić information content (AvgIpc) is 3.07. The van der Waals surface area contributed by atoms with Gasteiger partial charge in [-0.1, -0.05) is 68.8 Å². The Labute approximate surface area is 209 Å². The lowest BCUT2D eigenvalue weighted by atomic mass is 10.0. The number of aryl methyl sites for hydroxylation is 1. The van der Waals surface area contributed by atoms with E-state index in [0.717, 1.165) is 16.0 Å². The lowest BCUT2D eigenvalue weighted by Gasteiger charge is -2.18. The first-order valence-corrected chi connectivity index (χ1v) is 11.7. The zero-order chi connectivity index (χ0) is 25.1. The zero-order valence-corrected chi connectivity index (χ0v) is 20.4. The van der Waals surface area contributed by atoms with Crippen molar-refractivity contribution in [3.63, 3.8) is 0 Å². The number of carbonyl (C=O) groups excluding carboxylic acids is 3. The van der Waals surface area contributed by atoms with E-state index in [9.17, 15) is 14.4 Å². The van der Waals surface area contributed by atoms with Gasteiger partial charge in [-0.2, -0.15) is 0 Å². The fourth-order valence-corrected chi connectivity index (χ4v) is 4.11. The monoisotopic (exact) mass is 488 g/mol. The number of anilines is 2. The van der Waals surface area contributed by atoms with Crippen molar-refractivity contribution >= 4 is 40.8 Å². The molecule has 1 aliphatic rings. The highest BCUT2D eigenvalue weighted by molar-refractivity contribution is 6.53. The molecule has 3 aromatic rings. The summed E-state index contributed by atoms with van der Waals surface area (Å²) in [5, 5.41) is 2.75. The number of nitrogens with zero attached hydrogens (tertiary/aromatic N) is 1. The highest BCUT2D eigenvalue weighted by Crippen LogP contribution is 2.32. The lowest BCUT2D eigenvalue weighted by molar-refractivity contribution is -0.120. The van der Waals surface area contributed by atoms with Gasteiger partial charge in [0.25, 0.3) is 11.8 Å². The van der Waals surface area contributed by atoms with Crippen molar-refractivity contribution in [2.45, 2.75) is 33.1 Å². The Bertz CT molecular complexity index is 1330. The molecule has 4 rings (SSSR count). The van der Waals surface area contributed by atoms with Gasteiger partial charge in [-0.15, -0.1) is 0 Å². The number of hydrogen-bond acceptors (Lipinski definition) is 5. The van der Waals surface area contributed by atoms with E-state index in [4.69, 9.17) is 16.3 Å². The number of nitrogens with one attached hydrogen (secondary N) is 1. The maximum atomic E-state index is 13.1. The summed E-state index contributed by atoms with van der Waals surface area (Å²) in [7, 11) is 0. The summed E-state index contributed by atoms with van der Waals surface area (Å²) in [6.07, 6.45) is 0.660. The predicted octanol–water partition coefficient (Wildman–Crippen LogP) is 6.03. The topological polar surface area (TPSA) is 75.7 Å². The van der Waals surface area contributed by atoms with Gasteiger partial charge in [0.05, 0.1) is 11.3 Å². The number of para-hydroxylation sites is 2. The van der Waals surface area contributed by atoms with Crippen molar-refractivity contribution in [1.29, 1.82) is 0 Å². The van der Waals surface area contributed by atoms with Crippen LogP contribution in [0.4, 0.5) is 11.4 Å². The SMILES string of the molecule is CCc1ccccc1N1C(=O)C(Cl)=C(Nc2ccc(C(=O)Oc3ccccc3C(C)C)cc2)C1=O. The molecule has 0 fully saturated rings. The number of esters is 1. The smallest absolute Gasteiger partial charge is 0.343 e. The zero-order valence-electron chi connectivity index (χ0n) is 19.7. The summed E-state index contributed by atoms with van der Waals surface area (Å²) in [6.45, 7) is 6.01. The second-order valence-electron chi connectivity index (χ2n) is 8.40. The second-order valence-corrected chi connectivity index (χ2v) is 8.78. The van der Waals surface area contributed by atoms with Crippen LogP contribution in [0.3, 0.4) is 0 Å². The molecule has 35 heavy (non-hydrogen) atoms. The number of halogens is 1. The first-order valence-electron chi connectivity index (χ1n) is 11.4. The maximum absolute atomic E-state index is 13.1. The van der Waals surface area contributed by atoms with E-state index in [1.807, 2.05) is 51.1 Å². The molecular formula is C28H25ClN2O4. The Morgan fingerprint density at radius 1 is 0.943 bits per heavy atom. The van der Waals surface area contributed by atoms with Crippen molar-refractivity contribution in [3.05, 3.63) is 100 Å². The second kappa shape index (κ2) is 10.2. The van der Waals surface area contributed by atoms with Crippen LogP contribution in [0.15, 0.2) is 83.5 Å². The van der Waals surface area contributed by atoms with Crippen molar-refractivity contribution < 1.29 is 19.1 Å². The maximum Gasteiger partial charge on any atom is 0.343 e. The summed E-state index contributed by atoms with van der Waals surface area (Å²) in [4.78, 5) is 39.6. The van der Waals surface area contributed by atoms with Gasteiger partial charge in [-0.3, -0.25) is 9.59 Å². The molecule has 0 radical (unpaired) electrons. The molecule has 0 aromatic heterocycles. The van der Waals surface area contributed by atoms with Crippen LogP contribution in [0.1, 0.15) is 48.2 Å². The van der Waals surface area contributed by atoms with Gasteiger partial charge in [0, 0.05) is 5.69 Å². The van der Waals surface area contributed by atoms with Crippen LogP contribution in [0, 0.1) is 0 Å². The molecule has 178 valence electrons. The van der Waals surface area contributed by atoms with Crippen LogP contribution in [0.2, 0.25) is 0 Å². The normalized spacial score (nSPS) is 13.6. The van der Waals surface area contributed by atoms with Crippen LogP contribution in [-0.2, 0) is 16.0 Å². The molecule has 0 aliphatic carbocycles. The summed E-state index contributed by atoms with van der Waals surface area (Å²) < 4.78 is 5.60. The molecule has 1 aliphatic heterocycles.